The second kappa shape index (κ2) is 7.44. The summed E-state index contributed by atoms with van der Waals surface area (Å²) in [4.78, 5) is 23.4. The first-order valence-electron chi connectivity index (χ1n) is 8.49. The molecular formula is C21H21NO4. The van der Waals surface area contributed by atoms with E-state index in [2.05, 4.69) is 24.0 Å². The molecule has 5 heteroatoms. The Kier molecular flexibility index (Phi) is 5.07. The van der Waals surface area contributed by atoms with Crippen molar-refractivity contribution >= 4 is 12.1 Å². The quantitative estimate of drug-likeness (QED) is 0.776. The number of carboxylic acids is 1. The Morgan fingerprint density at radius 1 is 1.15 bits per heavy atom. The molecule has 0 aromatic heterocycles. The molecule has 0 saturated heterocycles. The summed E-state index contributed by atoms with van der Waals surface area (Å²) in [6.07, 6.45) is 0.746. The number of hydrogen-bond donors (Lipinski definition) is 2. The highest BCUT2D eigenvalue weighted by atomic mass is 16.5. The van der Waals surface area contributed by atoms with E-state index in [1.165, 1.54) is 6.08 Å². The van der Waals surface area contributed by atoms with Crippen LogP contribution in [-0.4, -0.2) is 29.8 Å². The van der Waals surface area contributed by atoms with E-state index in [-0.39, 0.29) is 12.5 Å². The largest absolute Gasteiger partial charge is 0.480 e. The SMILES string of the molecule is C=C[C@H](C)[C@H](NC(=O)OCC1c2ccccc2-c2ccccc21)C(=O)O. The number of rotatable bonds is 6. The molecule has 0 unspecified atom stereocenters. The van der Waals surface area contributed by atoms with Crippen molar-refractivity contribution < 1.29 is 19.4 Å². The second-order valence-electron chi connectivity index (χ2n) is 6.38. The summed E-state index contributed by atoms with van der Waals surface area (Å²) < 4.78 is 5.37. The van der Waals surface area contributed by atoms with Gasteiger partial charge in [-0.25, -0.2) is 9.59 Å². The van der Waals surface area contributed by atoms with Gasteiger partial charge in [-0.3, -0.25) is 0 Å². The number of hydrogen-bond acceptors (Lipinski definition) is 3. The normalized spacial score (nSPS) is 14.7. The third-order valence-electron chi connectivity index (χ3n) is 4.78. The minimum atomic E-state index is -1.12. The molecule has 2 aromatic rings. The number of carbonyl (C=O) groups excluding carboxylic acids is 1. The zero-order valence-electron chi connectivity index (χ0n) is 14.5. The summed E-state index contributed by atoms with van der Waals surface area (Å²) in [5.41, 5.74) is 4.49. The molecule has 26 heavy (non-hydrogen) atoms. The van der Waals surface area contributed by atoms with Gasteiger partial charge in [0.1, 0.15) is 12.6 Å². The van der Waals surface area contributed by atoms with Gasteiger partial charge in [-0.1, -0.05) is 61.5 Å². The number of ether oxygens (including phenoxy) is 1. The number of benzene rings is 2. The Labute approximate surface area is 152 Å². The van der Waals surface area contributed by atoms with E-state index in [9.17, 15) is 14.7 Å². The first-order valence-corrected chi connectivity index (χ1v) is 8.49. The Bertz CT molecular complexity index is 800. The second-order valence-corrected chi connectivity index (χ2v) is 6.38. The maximum absolute atomic E-state index is 12.1. The zero-order valence-corrected chi connectivity index (χ0v) is 14.5. The third-order valence-corrected chi connectivity index (χ3v) is 4.78. The third kappa shape index (κ3) is 3.33. The number of carbonyl (C=O) groups is 2. The lowest BCUT2D eigenvalue weighted by molar-refractivity contribution is -0.140. The van der Waals surface area contributed by atoms with Crippen molar-refractivity contribution in [1.82, 2.24) is 5.32 Å². The van der Waals surface area contributed by atoms with E-state index in [1.807, 2.05) is 36.4 Å². The highest BCUT2D eigenvalue weighted by molar-refractivity contribution is 5.81. The van der Waals surface area contributed by atoms with Crippen molar-refractivity contribution in [3.8, 4) is 11.1 Å². The summed E-state index contributed by atoms with van der Waals surface area (Å²) in [6, 6.07) is 15.0. The van der Waals surface area contributed by atoms with Crippen LogP contribution in [-0.2, 0) is 9.53 Å². The van der Waals surface area contributed by atoms with Crippen LogP contribution in [0.2, 0.25) is 0 Å². The van der Waals surface area contributed by atoms with Crippen LogP contribution in [0.3, 0.4) is 0 Å². The van der Waals surface area contributed by atoms with E-state index in [0.29, 0.717) is 0 Å². The Morgan fingerprint density at radius 2 is 1.69 bits per heavy atom. The molecule has 3 rings (SSSR count). The number of carboxylic acid groups (broad SMARTS) is 1. The molecule has 2 atom stereocenters. The van der Waals surface area contributed by atoms with Crippen molar-refractivity contribution in [2.75, 3.05) is 6.61 Å². The average Bonchev–Trinajstić information content (AvgIpc) is 2.97. The molecule has 0 bridgehead atoms. The van der Waals surface area contributed by atoms with Gasteiger partial charge in [0, 0.05) is 11.8 Å². The summed E-state index contributed by atoms with van der Waals surface area (Å²) in [6.45, 7) is 5.40. The molecular weight excluding hydrogens is 330 g/mol. The highest BCUT2D eigenvalue weighted by Crippen LogP contribution is 2.44. The summed E-state index contributed by atoms with van der Waals surface area (Å²) >= 11 is 0. The Hall–Kier alpha value is -3.08. The van der Waals surface area contributed by atoms with Crippen LogP contribution in [0.1, 0.15) is 24.0 Å². The van der Waals surface area contributed by atoms with Crippen LogP contribution in [0.5, 0.6) is 0 Å². The van der Waals surface area contributed by atoms with Gasteiger partial charge in [0.05, 0.1) is 0 Å². The molecule has 1 aliphatic carbocycles. The first kappa shape index (κ1) is 17.7. The fourth-order valence-corrected chi connectivity index (χ4v) is 3.32. The minimum absolute atomic E-state index is 0.0618. The zero-order chi connectivity index (χ0) is 18.7. The van der Waals surface area contributed by atoms with E-state index in [0.717, 1.165) is 22.3 Å². The van der Waals surface area contributed by atoms with Crippen molar-refractivity contribution in [2.24, 2.45) is 5.92 Å². The summed E-state index contributed by atoms with van der Waals surface area (Å²) in [7, 11) is 0. The highest BCUT2D eigenvalue weighted by Gasteiger charge is 2.30. The van der Waals surface area contributed by atoms with E-state index in [1.54, 1.807) is 6.92 Å². The molecule has 0 fully saturated rings. The van der Waals surface area contributed by atoms with Gasteiger partial charge >= 0.3 is 12.1 Å². The topological polar surface area (TPSA) is 75.6 Å². The molecule has 2 aromatic carbocycles. The summed E-state index contributed by atoms with van der Waals surface area (Å²) in [5, 5.41) is 11.7. The number of nitrogens with one attached hydrogen (secondary N) is 1. The van der Waals surface area contributed by atoms with Crippen LogP contribution in [0.25, 0.3) is 11.1 Å². The standard InChI is InChI=1S/C21H21NO4/c1-3-13(2)19(20(23)24)22-21(25)26-12-18-16-10-6-4-8-14(16)15-9-5-7-11-17(15)18/h3-11,13,18-19H,1,12H2,2H3,(H,22,25)(H,23,24)/t13-,19-/m0/s1. The molecule has 1 aliphatic rings. The van der Waals surface area contributed by atoms with Crippen molar-refractivity contribution in [3.05, 3.63) is 72.3 Å². The predicted octanol–water partition coefficient (Wildman–Crippen LogP) is 3.80. The number of fused-ring (bicyclic) bond motifs is 3. The van der Waals surface area contributed by atoms with Crippen LogP contribution in [0.4, 0.5) is 4.79 Å². The molecule has 0 saturated carbocycles. The lowest BCUT2D eigenvalue weighted by Crippen LogP contribution is -2.45. The van der Waals surface area contributed by atoms with Gasteiger partial charge in [0.2, 0.25) is 0 Å². The fraction of sp³-hybridized carbons (Fsp3) is 0.238. The van der Waals surface area contributed by atoms with E-state index < -0.39 is 24.0 Å². The molecule has 0 spiro atoms. The number of alkyl carbamates (subject to hydrolysis) is 1. The lowest BCUT2D eigenvalue weighted by Gasteiger charge is -2.19. The maximum atomic E-state index is 12.1. The van der Waals surface area contributed by atoms with Gasteiger partial charge in [-0.15, -0.1) is 6.58 Å². The Balaban J connectivity index is 1.73. The fourth-order valence-electron chi connectivity index (χ4n) is 3.32. The Morgan fingerprint density at radius 3 is 2.19 bits per heavy atom. The first-order chi connectivity index (χ1) is 12.5. The van der Waals surface area contributed by atoms with Crippen LogP contribution in [0, 0.1) is 5.92 Å². The molecule has 5 nitrogen and oxygen atoms in total. The van der Waals surface area contributed by atoms with E-state index >= 15 is 0 Å². The van der Waals surface area contributed by atoms with Crippen LogP contribution < -0.4 is 5.32 Å². The van der Waals surface area contributed by atoms with Crippen molar-refractivity contribution in [3.63, 3.8) is 0 Å². The maximum Gasteiger partial charge on any atom is 0.407 e. The smallest absolute Gasteiger partial charge is 0.407 e. The molecule has 0 radical (unpaired) electrons. The molecule has 0 aliphatic heterocycles. The molecule has 1 amide bonds. The van der Waals surface area contributed by atoms with Gasteiger partial charge in [-0.05, 0) is 22.3 Å². The van der Waals surface area contributed by atoms with E-state index in [4.69, 9.17) is 4.74 Å². The molecule has 134 valence electrons. The number of aliphatic carboxylic acids is 1. The lowest BCUT2D eigenvalue weighted by atomic mass is 9.98. The van der Waals surface area contributed by atoms with Gasteiger partial charge < -0.3 is 15.2 Å². The molecule has 0 heterocycles. The average molecular weight is 351 g/mol. The minimum Gasteiger partial charge on any atom is -0.480 e. The van der Waals surface area contributed by atoms with Gasteiger partial charge in [0.25, 0.3) is 0 Å². The van der Waals surface area contributed by atoms with Crippen LogP contribution >= 0.6 is 0 Å². The van der Waals surface area contributed by atoms with Crippen LogP contribution in [0.15, 0.2) is 61.2 Å². The molecule has 2 N–H and O–H groups in total. The predicted molar refractivity (Wildman–Crippen MR) is 99.0 cm³/mol. The van der Waals surface area contributed by atoms with Crippen molar-refractivity contribution in [2.45, 2.75) is 18.9 Å². The van der Waals surface area contributed by atoms with Gasteiger partial charge in [0.15, 0.2) is 0 Å². The van der Waals surface area contributed by atoms with Gasteiger partial charge in [-0.2, -0.15) is 0 Å². The summed E-state index contributed by atoms with van der Waals surface area (Å²) in [5.74, 6) is -1.59. The van der Waals surface area contributed by atoms with Crippen molar-refractivity contribution in [1.29, 1.82) is 0 Å². The number of amides is 1. The monoisotopic (exact) mass is 351 g/mol.